The van der Waals surface area contributed by atoms with Crippen molar-refractivity contribution < 1.29 is 9.53 Å². The number of nitrogens with one attached hydrogen (secondary N) is 1. The number of rotatable bonds is 7. The maximum Gasteiger partial charge on any atom is 0.223 e. The van der Waals surface area contributed by atoms with E-state index >= 15 is 0 Å². The van der Waals surface area contributed by atoms with E-state index in [1.807, 2.05) is 6.92 Å². The zero-order valence-electron chi connectivity index (χ0n) is 11.2. The standard InChI is InChI=1S/C13H18Cl2N2O2.ClH/c1-9(16)4-6-17-13(18)5-7-19-12-3-2-10(14)8-11(12)15;/h2-3,8-9H,4-7,16H2,1H3,(H,17,18);1H. The first-order valence-corrected chi connectivity index (χ1v) is 6.84. The molecule has 0 saturated heterocycles. The van der Waals surface area contributed by atoms with Gasteiger partial charge in [-0.3, -0.25) is 4.79 Å². The summed E-state index contributed by atoms with van der Waals surface area (Å²) >= 11 is 11.7. The highest BCUT2D eigenvalue weighted by Gasteiger charge is 2.05. The van der Waals surface area contributed by atoms with Crippen LogP contribution in [0.25, 0.3) is 0 Å². The SMILES string of the molecule is CC(N)CCNC(=O)CCOc1ccc(Cl)cc1Cl.Cl. The molecule has 1 rings (SSSR count). The molecule has 1 aromatic carbocycles. The van der Waals surface area contributed by atoms with Crippen LogP contribution in [0.4, 0.5) is 0 Å². The first-order valence-electron chi connectivity index (χ1n) is 6.09. The van der Waals surface area contributed by atoms with Crippen molar-refractivity contribution in [3.63, 3.8) is 0 Å². The van der Waals surface area contributed by atoms with Crippen molar-refractivity contribution in [1.82, 2.24) is 5.32 Å². The Morgan fingerprint density at radius 2 is 2.15 bits per heavy atom. The summed E-state index contributed by atoms with van der Waals surface area (Å²) in [6.07, 6.45) is 1.04. The van der Waals surface area contributed by atoms with E-state index in [4.69, 9.17) is 33.7 Å². The van der Waals surface area contributed by atoms with Gasteiger partial charge in [0, 0.05) is 17.6 Å². The highest BCUT2D eigenvalue weighted by Crippen LogP contribution is 2.27. The minimum Gasteiger partial charge on any atom is -0.491 e. The van der Waals surface area contributed by atoms with Crippen LogP contribution in [0.5, 0.6) is 5.75 Å². The summed E-state index contributed by atoms with van der Waals surface area (Å²) in [5.41, 5.74) is 5.58. The molecule has 1 atom stereocenters. The molecule has 1 unspecified atom stereocenters. The van der Waals surface area contributed by atoms with Gasteiger partial charge in [-0.2, -0.15) is 0 Å². The van der Waals surface area contributed by atoms with Gasteiger partial charge in [0.2, 0.25) is 5.91 Å². The van der Waals surface area contributed by atoms with E-state index in [0.29, 0.717) is 22.3 Å². The minimum atomic E-state index is -0.0641. The summed E-state index contributed by atoms with van der Waals surface area (Å²) in [6, 6.07) is 5.05. The number of amides is 1. The maximum absolute atomic E-state index is 11.5. The molecule has 114 valence electrons. The van der Waals surface area contributed by atoms with E-state index in [0.717, 1.165) is 6.42 Å². The van der Waals surface area contributed by atoms with Crippen molar-refractivity contribution in [2.75, 3.05) is 13.2 Å². The molecule has 0 aliphatic heterocycles. The summed E-state index contributed by atoms with van der Waals surface area (Å²) in [7, 11) is 0. The van der Waals surface area contributed by atoms with Gasteiger partial charge >= 0.3 is 0 Å². The van der Waals surface area contributed by atoms with Crippen molar-refractivity contribution in [1.29, 1.82) is 0 Å². The summed E-state index contributed by atoms with van der Waals surface area (Å²) in [5.74, 6) is 0.459. The molecule has 3 N–H and O–H groups in total. The maximum atomic E-state index is 11.5. The molecule has 0 heterocycles. The summed E-state index contributed by atoms with van der Waals surface area (Å²) < 4.78 is 5.41. The Morgan fingerprint density at radius 3 is 2.75 bits per heavy atom. The lowest BCUT2D eigenvalue weighted by atomic mass is 10.2. The molecular weight excluding hydrogens is 323 g/mol. The zero-order valence-corrected chi connectivity index (χ0v) is 13.5. The minimum absolute atomic E-state index is 0. The van der Waals surface area contributed by atoms with Crippen molar-refractivity contribution in [3.8, 4) is 5.75 Å². The lowest BCUT2D eigenvalue weighted by Crippen LogP contribution is -2.29. The lowest BCUT2D eigenvalue weighted by Gasteiger charge is -2.09. The number of hydrogen-bond acceptors (Lipinski definition) is 3. The van der Waals surface area contributed by atoms with Crippen molar-refractivity contribution in [2.24, 2.45) is 5.73 Å². The number of halogens is 3. The van der Waals surface area contributed by atoms with Crippen LogP contribution in [0.2, 0.25) is 10.0 Å². The summed E-state index contributed by atoms with van der Waals surface area (Å²) in [5, 5.41) is 3.75. The first-order chi connectivity index (χ1) is 8.99. The summed E-state index contributed by atoms with van der Waals surface area (Å²) in [6.45, 7) is 2.75. The van der Waals surface area contributed by atoms with E-state index in [1.165, 1.54) is 0 Å². The number of ether oxygens (including phenoxy) is 1. The number of benzene rings is 1. The lowest BCUT2D eigenvalue weighted by molar-refractivity contribution is -0.121. The highest BCUT2D eigenvalue weighted by atomic mass is 35.5. The van der Waals surface area contributed by atoms with Crippen LogP contribution in [-0.4, -0.2) is 25.1 Å². The molecule has 4 nitrogen and oxygen atoms in total. The molecule has 0 spiro atoms. The summed E-state index contributed by atoms with van der Waals surface area (Å²) in [4.78, 5) is 11.5. The Hall–Kier alpha value is -0.680. The molecule has 0 saturated carbocycles. The Morgan fingerprint density at radius 1 is 1.45 bits per heavy atom. The van der Waals surface area contributed by atoms with Crippen LogP contribution < -0.4 is 15.8 Å². The second kappa shape index (κ2) is 10.1. The number of hydrogen-bond donors (Lipinski definition) is 2. The van der Waals surface area contributed by atoms with Crippen LogP contribution in [-0.2, 0) is 4.79 Å². The van der Waals surface area contributed by atoms with Crippen LogP contribution in [0.3, 0.4) is 0 Å². The third-order valence-electron chi connectivity index (χ3n) is 2.40. The molecule has 20 heavy (non-hydrogen) atoms. The van der Waals surface area contributed by atoms with Crippen LogP contribution >= 0.6 is 35.6 Å². The van der Waals surface area contributed by atoms with Gasteiger partial charge in [-0.25, -0.2) is 0 Å². The molecule has 1 aromatic rings. The second-order valence-corrected chi connectivity index (χ2v) is 5.13. The van der Waals surface area contributed by atoms with Gasteiger partial charge < -0.3 is 15.8 Å². The second-order valence-electron chi connectivity index (χ2n) is 4.29. The van der Waals surface area contributed by atoms with E-state index in [1.54, 1.807) is 18.2 Å². The predicted octanol–water partition coefficient (Wildman–Crippen LogP) is 3.04. The zero-order chi connectivity index (χ0) is 14.3. The smallest absolute Gasteiger partial charge is 0.223 e. The van der Waals surface area contributed by atoms with Crippen molar-refractivity contribution >= 4 is 41.5 Å². The molecule has 0 aliphatic carbocycles. The number of carbonyl (C=O) groups is 1. The van der Waals surface area contributed by atoms with Gasteiger partial charge in [0.25, 0.3) is 0 Å². The molecule has 0 radical (unpaired) electrons. The van der Waals surface area contributed by atoms with Gasteiger partial charge in [0.1, 0.15) is 5.75 Å². The largest absolute Gasteiger partial charge is 0.491 e. The number of nitrogens with two attached hydrogens (primary N) is 1. The van der Waals surface area contributed by atoms with Crippen LogP contribution in [0.15, 0.2) is 18.2 Å². The van der Waals surface area contributed by atoms with Gasteiger partial charge in [0.15, 0.2) is 0 Å². The molecule has 7 heteroatoms. The van der Waals surface area contributed by atoms with Gasteiger partial charge in [-0.1, -0.05) is 23.2 Å². The molecule has 0 bridgehead atoms. The topological polar surface area (TPSA) is 64.3 Å². The Bertz CT molecular complexity index is 428. The van der Waals surface area contributed by atoms with Crippen molar-refractivity contribution in [2.45, 2.75) is 25.8 Å². The number of carbonyl (C=O) groups excluding carboxylic acids is 1. The monoisotopic (exact) mass is 340 g/mol. The van der Waals surface area contributed by atoms with Gasteiger partial charge in [-0.05, 0) is 31.5 Å². The Kier molecular flexibility index (Phi) is 9.76. The molecule has 0 aromatic heterocycles. The van der Waals surface area contributed by atoms with Gasteiger partial charge in [-0.15, -0.1) is 12.4 Å². The average Bonchev–Trinajstić information content (AvgIpc) is 2.31. The van der Waals surface area contributed by atoms with Crippen molar-refractivity contribution in [3.05, 3.63) is 28.2 Å². The average molecular weight is 342 g/mol. The van der Waals surface area contributed by atoms with Crippen LogP contribution in [0, 0.1) is 0 Å². The molecule has 1 amide bonds. The highest BCUT2D eigenvalue weighted by molar-refractivity contribution is 6.35. The van der Waals surface area contributed by atoms with E-state index < -0.39 is 0 Å². The Labute approximate surface area is 135 Å². The molecular formula is C13H19Cl3N2O2. The fraction of sp³-hybridized carbons (Fsp3) is 0.462. The fourth-order valence-corrected chi connectivity index (χ4v) is 1.84. The van der Waals surface area contributed by atoms with E-state index in [-0.39, 0.29) is 37.4 Å². The van der Waals surface area contributed by atoms with Crippen LogP contribution in [0.1, 0.15) is 19.8 Å². The van der Waals surface area contributed by atoms with E-state index in [9.17, 15) is 4.79 Å². The third kappa shape index (κ3) is 7.80. The predicted molar refractivity (Wildman–Crippen MR) is 85.1 cm³/mol. The quantitative estimate of drug-likeness (QED) is 0.801. The normalized spacial score (nSPS) is 11.4. The Balaban J connectivity index is 0.00000361. The fourth-order valence-electron chi connectivity index (χ4n) is 1.37. The third-order valence-corrected chi connectivity index (χ3v) is 2.93. The molecule has 0 fully saturated rings. The molecule has 0 aliphatic rings. The van der Waals surface area contributed by atoms with Gasteiger partial charge in [0.05, 0.1) is 18.1 Å². The van der Waals surface area contributed by atoms with E-state index in [2.05, 4.69) is 5.32 Å². The first kappa shape index (κ1) is 19.3.